The van der Waals surface area contributed by atoms with E-state index >= 15 is 0 Å². The number of ketones is 1. The zero-order valence-electron chi connectivity index (χ0n) is 76.6. The molecule has 29 atom stereocenters. The first-order valence-electron chi connectivity index (χ1n) is 45.6. The number of hydrogen-bond donors (Lipinski definition) is 0. The molecule has 16 fully saturated rings. The summed E-state index contributed by atoms with van der Waals surface area (Å²) in [4.78, 5) is 178. The van der Waals surface area contributed by atoms with E-state index in [2.05, 4.69) is 0 Å². The number of ether oxygens (including phenoxy) is 19. The monoisotopic (exact) mass is 1980 g/mol. The van der Waals surface area contributed by atoms with Crippen molar-refractivity contribution in [3.8, 4) is 0 Å². The molecule has 11 saturated heterocycles. The molecule has 16 aliphatic rings. The fourth-order valence-corrected chi connectivity index (χ4v) is 20.0. The number of esters is 14. The van der Waals surface area contributed by atoms with Crippen LogP contribution in [-0.4, -0.2) is 241 Å². The summed E-state index contributed by atoms with van der Waals surface area (Å²) >= 11 is 0. The van der Waals surface area contributed by atoms with E-state index in [4.69, 9.17) is 90.0 Å². The number of carbonyl (C=O) groups excluding carboxylic acids is 15. The Morgan fingerprint density at radius 3 is 1.23 bits per heavy atom. The summed E-state index contributed by atoms with van der Waals surface area (Å²) in [5, 5.41) is 0. The normalized spacial score (nSPS) is 32.0. The van der Waals surface area contributed by atoms with Crippen LogP contribution in [0.4, 0.5) is 0 Å². The van der Waals surface area contributed by atoms with Crippen LogP contribution in [0.1, 0.15) is 322 Å². The third-order valence-corrected chi connectivity index (χ3v) is 29.9. The lowest BCUT2D eigenvalue weighted by Gasteiger charge is -2.31. The molecule has 0 aromatic heterocycles. The van der Waals surface area contributed by atoms with Crippen LogP contribution < -0.4 is 0 Å². The van der Waals surface area contributed by atoms with Gasteiger partial charge in [0.15, 0.2) is 25.4 Å². The number of fused-ring (bicyclic) bond motifs is 8. The molecule has 5 saturated carbocycles. The second kappa shape index (κ2) is 54.5. The average Bonchev–Trinajstić information content (AvgIpc) is 1.60. The molecule has 29 unspecified atom stereocenters. The summed E-state index contributed by atoms with van der Waals surface area (Å²) in [6, 6.07) is 0. The number of carbonyl (C=O) groups is 15. The van der Waals surface area contributed by atoms with Gasteiger partial charge in [0.1, 0.15) is 55.6 Å². The third-order valence-electron chi connectivity index (χ3n) is 29.9. The highest BCUT2D eigenvalue weighted by atomic mass is 16.7. The zero-order chi connectivity index (χ0) is 92.3. The molecule has 0 N–H and O–H groups in total. The van der Waals surface area contributed by atoms with Crippen LogP contribution in [0.5, 0.6) is 0 Å². The molecule has 0 amide bonds. The van der Waals surface area contributed by atoms with Gasteiger partial charge >= 0.3 is 83.6 Å². The van der Waals surface area contributed by atoms with Crippen molar-refractivity contribution >= 4 is 89.4 Å². The van der Waals surface area contributed by atoms with E-state index in [0.717, 1.165) is 64.2 Å². The van der Waals surface area contributed by atoms with Gasteiger partial charge in [0.05, 0.1) is 145 Å². The van der Waals surface area contributed by atoms with E-state index < -0.39 is 99.6 Å². The summed E-state index contributed by atoms with van der Waals surface area (Å²) in [5.41, 5.74) is -2.72. The molecule has 11 aliphatic heterocycles. The van der Waals surface area contributed by atoms with Gasteiger partial charge in [0.2, 0.25) is 0 Å². The van der Waals surface area contributed by atoms with Crippen LogP contribution in [0.25, 0.3) is 0 Å². The van der Waals surface area contributed by atoms with E-state index in [9.17, 15) is 71.9 Å². The lowest BCUT2D eigenvalue weighted by atomic mass is 9.74. The lowest BCUT2D eigenvalue weighted by molar-refractivity contribution is -0.174. The van der Waals surface area contributed by atoms with Crippen LogP contribution in [0.15, 0.2) is 0 Å². The molecule has 802 valence electrons. The predicted octanol–water partition coefficient (Wildman–Crippen LogP) is 16.5. The van der Waals surface area contributed by atoms with Gasteiger partial charge in [0, 0.05) is 54.8 Å². The Labute approximate surface area is 825 Å². The Morgan fingerprint density at radius 1 is 0.370 bits per heavy atom. The fourth-order valence-electron chi connectivity index (χ4n) is 20.0. The van der Waals surface area contributed by atoms with Crippen molar-refractivity contribution in [1.82, 2.24) is 0 Å². The zero-order valence-corrected chi connectivity index (χ0v) is 76.6. The second-order valence-electron chi connectivity index (χ2n) is 39.7. The van der Waals surface area contributed by atoms with Crippen LogP contribution >= 0.6 is 0 Å². The van der Waals surface area contributed by atoms with Crippen molar-refractivity contribution in [2.45, 2.75) is 420 Å². The Morgan fingerprint density at radius 2 is 0.775 bits per heavy atom. The highest BCUT2D eigenvalue weighted by Gasteiger charge is 2.72. The Hall–Kier alpha value is -7.95. The topological polar surface area (TPSA) is 431 Å². The molecular weight excluding hydrogens is 1790 g/mol. The van der Waals surface area contributed by atoms with Gasteiger partial charge in [-0.3, -0.25) is 62.3 Å². The molecule has 11 heterocycles. The molecule has 16 rings (SSSR count). The van der Waals surface area contributed by atoms with Crippen molar-refractivity contribution in [2.75, 3.05) is 53.9 Å². The van der Waals surface area contributed by atoms with E-state index in [1.165, 1.54) is 14.2 Å². The predicted molar refractivity (Wildman–Crippen MR) is 515 cm³/mol. The Kier molecular flexibility index (Phi) is 52.2. The largest absolute Gasteiger partial charge is 0.469 e. The first-order chi connectivity index (χ1) is 59.4. The van der Waals surface area contributed by atoms with Crippen LogP contribution in [0.2, 0.25) is 0 Å². The molecular formula is C104H182O34. The van der Waals surface area contributed by atoms with Crippen molar-refractivity contribution in [1.29, 1.82) is 0 Å². The van der Waals surface area contributed by atoms with Gasteiger partial charge in [0.25, 0.3) is 0 Å². The van der Waals surface area contributed by atoms with Crippen LogP contribution in [0, 0.1) is 104 Å². The first-order valence-corrected chi connectivity index (χ1v) is 45.6. The van der Waals surface area contributed by atoms with Crippen molar-refractivity contribution in [3.05, 3.63) is 0 Å². The fraction of sp³-hybridized carbons (Fsp3) is 0.856. The second-order valence-corrected chi connectivity index (χ2v) is 39.7. The van der Waals surface area contributed by atoms with Crippen LogP contribution in [0.3, 0.4) is 0 Å². The van der Waals surface area contributed by atoms with Crippen LogP contribution in [-0.2, 0) is 162 Å². The van der Waals surface area contributed by atoms with Gasteiger partial charge in [-0.25, -0.2) is 9.59 Å². The minimum absolute atomic E-state index is 0. The molecule has 0 radical (unpaired) electrons. The minimum Gasteiger partial charge on any atom is -0.469 e. The molecule has 0 aromatic rings. The number of Topliss-reactive ketones (excluding diaryl/α,β-unsaturated/α-hetero) is 1. The van der Waals surface area contributed by atoms with Gasteiger partial charge < -0.3 is 90.0 Å². The van der Waals surface area contributed by atoms with E-state index in [-0.39, 0.29) is 314 Å². The highest BCUT2D eigenvalue weighted by molar-refractivity contribution is 5.89. The van der Waals surface area contributed by atoms with Crippen molar-refractivity contribution in [2.24, 2.45) is 104 Å². The number of methoxy groups -OCH3 is 2. The Bertz CT molecular complexity index is 4010. The maximum atomic E-state index is 12.2. The highest BCUT2D eigenvalue weighted by Crippen LogP contribution is 2.62. The quantitative estimate of drug-likeness (QED) is 0.0353. The molecule has 34 heteroatoms. The molecule has 138 heavy (non-hydrogen) atoms. The first kappa shape index (κ1) is 132. The van der Waals surface area contributed by atoms with Gasteiger partial charge in [-0.05, 0) is 165 Å². The third kappa shape index (κ3) is 28.6. The molecule has 12 bridgehead atoms. The Balaban J connectivity index is 0. The molecule has 5 aliphatic carbocycles. The van der Waals surface area contributed by atoms with Crippen molar-refractivity contribution < 1.29 is 162 Å². The van der Waals surface area contributed by atoms with E-state index in [0.29, 0.717) is 57.3 Å². The lowest BCUT2D eigenvalue weighted by Crippen LogP contribution is -2.44. The maximum Gasteiger partial charge on any atom is 0.344 e. The van der Waals surface area contributed by atoms with E-state index in [1.807, 2.05) is 90.0 Å². The molecule has 34 nitrogen and oxygen atoms in total. The summed E-state index contributed by atoms with van der Waals surface area (Å²) in [6.07, 6.45) is 11.1. The number of hydrogen-bond acceptors (Lipinski definition) is 34. The molecule has 0 spiro atoms. The van der Waals surface area contributed by atoms with Crippen molar-refractivity contribution in [3.63, 3.8) is 0 Å². The minimum atomic E-state index is -0.717. The summed E-state index contributed by atoms with van der Waals surface area (Å²) in [5.74, 6) is -7.22. The summed E-state index contributed by atoms with van der Waals surface area (Å²) in [6.45, 7) is 31.7. The molecule has 0 aromatic carbocycles. The van der Waals surface area contributed by atoms with Gasteiger partial charge in [-0.2, -0.15) is 0 Å². The average molecular weight is 1980 g/mol. The maximum absolute atomic E-state index is 12.2. The van der Waals surface area contributed by atoms with Gasteiger partial charge in [-0.15, -0.1) is 0 Å². The number of rotatable bonds is 31. The smallest absolute Gasteiger partial charge is 0.344 e. The summed E-state index contributed by atoms with van der Waals surface area (Å²) in [7, 11) is 2.60. The SMILES string of the molecule is C.C.C.C.C.C.C.C.C.C.C.C.CCC(C)(C)C(=O)OCC(=O)OC1C2CC3C1OC(=O)C3C2C(=O)OC.CCC(C)(C)C(=O)OCC(=O)OC1CC2CCC1O2.CCC(C)(C)C(=O)OCC1C2CC3C1OC(=O)C3C2C(=O)OC.CCC(C)(C)C(=O)OCCC(=O)OC1CC2CCC1O2.CCC(C)(C)C(=O)OCCOC1C2CC3C(=O)CC1C3O2.CCC(C)C(=O)OC1C2CC3C(=O)OC1C3O2. The standard InChI is InChI=1S/C18H24O8.C17H24O6.C16H24O5.C15H24O5.C14H22O5.C12H16O5.12CH4/c1-5-18(2,3)17(22)24-7-10(19)25-13-8-6-9-12(11(8)15(20)23-4)16(21)26-14(9)13;1-5-17(2,3)16(20)22-7-10-8-6-9-12(11(8)14(18)21-4)15(19)23-13(9)10;1-4-16(2,3)15(18)20-6-5-19-14-10-7-11(17)9-8-12(14)21-13(9)10;1-4-15(2,3)14(17)18-8-7-13(16)20-12-9-10-5-6-11(12)19-10;1-4-14(2,3)13(16)17-8-12(15)19-11-7-9-5-6-10(11)18-9;1-3-5(2)11(13)16-9-7-4-6-8(15-7)10(9)17-12(6)14;;;;;;;;;;;;/h8-9,11-14H,5-7H2,1-4H3;8-13H,5-7H2,1-4H3;9-10,12-14H,4-8H2,1-3H3;10-12H,4-9H2,1-3H3;9-11H,4-8H2,1-3H3;5-10H,3-4H2,1-2H3;12*1H4. The van der Waals surface area contributed by atoms with E-state index in [1.54, 1.807) is 27.7 Å². The summed E-state index contributed by atoms with van der Waals surface area (Å²) < 4.78 is 102. The van der Waals surface area contributed by atoms with Gasteiger partial charge in [-0.1, -0.05) is 138 Å².